The fraction of sp³-hybridized carbons (Fsp3) is 0.167. The Balaban J connectivity index is 2.91. The summed E-state index contributed by atoms with van der Waals surface area (Å²) in [5, 5.41) is 0. The van der Waals surface area contributed by atoms with Crippen molar-refractivity contribution in [1.82, 2.24) is 0 Å². The van der Waals surface area contributed by atoms with E-state index in [4.69, 9.17) is 0 Å². The molecule has 2 aromatic carbocycles. The second kappa shape index (κ2) is 7.73. The van der Waals surface area contributed by atoms with Gasteiger partial charge in [-0.2, -0.15) is 15.0 Å². The number of rotatable bonds is 6. The Labute approximate surface area is 138 Å². The maximum absolute atomic E-state index is 11.1. The zero-order valence-corrected chi connectivity index (χ0v) is 12.9. The van der Waals surface area contributed by atoms with E-state index in [0.29, 0.717) is 12.0 Å². The molecule has 0 bridgehead atoms. The summed E-state index contributed by atoms with van der Waals surface area (Å²) in [4.78, 5) is 43.9. The Morgan fingerprint density at radius 1 is 0.875 bits per heavy atom. The average molecular weight is 319 g/mol. The van der Waals surface area contributed by atoms with E-state index in [9.17, 15) is 14.4 Å². The smallest absolute Gasteiger partial charge is 0.211 e. The topological polar surface area (TPSA) is 88.3 Å². The molecule has 1 atom stereocenters. The second-order valence-electron chi connectivity index (χ2n) is 4.86. The summed E-state index contributed by atoms with van der Waals surface area (Å²) in [5.74, 6) is 0. The highest BCUT2D eigenvalue weighted by Crippen LogP contribution is 2.45. The van der Waals surface area contributed by atoms with Crippen LogP contribution >= 0.6 is 0 Å². The molecule has 24 heavy (non-hydrogen) atoms. The number of aliphatic imine (C=N–C) groups is 3. The van der Waals surface area contributed by atoms with Crippen molar-refractivity contribution in [1.29, 1.82) is 0 Å². The van der Waals surface area contributed by atoms with Crippen molar-refractivity contribution >= 4 is 29.6 Å². The molecule has 6 heteroatoms. The minimum atomic E-state index is -1.10. The Morgan fingerprint density at radius 3 is 2.17 bits per heavy atom. The summed E-state index contributed by atoms with van der Waals surface area (Å²) >= 11 is 0. The number of nitrogens with zero attached hydrogens (tertiary/aromatic N) is 3. The fourth-order valence-corrected chi connectivity index (χ4v) is 2.71. The fourth-order valence-electron chi connectivity index (χ4n) is 2.71. The van der Waals surface area contributed by atoms with Gasteiger partial charge in [0.1, 0.15) is 16.9 Å². The first-order valence-electron chi connectivity index (χ1n) is 7.17. The highest BCUT2D eigenvalue weighted by molar-refractivity contribution is 5.74. The molecule has 2 aromatic rings. The molecule has 0 saturated heterocycles. The molecular weight excluding hydrogens is 306 g/mol. The summed E-state index contributed by atoms with van der Waals surface area (Å²) < 4.78 is 0. The lowest BCUT2D eigenvalue weighted by Gasteiger charge is -2.29. The zero-order valence-electron chi connectivity index (χ0n) is 12.9. The molecule has 0 aliphatic heterocycles. The van der Waals surface area contributed by atoms with Gasteiger partial charge in [0.05, 0.1) is 0 Å². The molecule has 118 valence electrons. The number of hydrogen-bond acceptors (Lipinski definition) is 6. The van der Waals surface area contributed by atoms with Gasteiger partial charge in [0, 0.05) is 5.56 Å². The van der Waals surface area contributed by atoms with Gasteiger partial charge in [0.15, 0.2) is 0 Å². The van der Waals surface area contributed by atoms with E-state index in [2.05, 4.69) is 15.0 Å². The van der Waals surface area contributed by atoms with Gasteiger partial charge in [0.2, 0.25) is 18.2 Å². The number of isocyanates is 3. The van der Waals surface area contributed by atoms with E-state index >= 15 is 0 Å². The lowest BCUT2D eigenvalue weighted by Crippen LogP contribution is -2.24. The number of carbonyl (C=O) groups excluding carboxylic acids is 3. The Morgan fingerprint density at radius 2 is 1.58 bits per heavy atom. The monoisotopic (exact) mass is 319 g/mol. The molecule has 0 aromatic heterocycles. The number of para-hydroxylation sites is 1. The van der Waals surface area contributed by atoms with Crippen LogP contribution in [0.15, 0.2) is 63.5 Å². The minimum absolute atomic E-state index is 0.126. The van der Waals surface area contributed by atoms with Crippen LogP contribution in [0.2, 0.25) is 0 Å². The van der Waals surface area contributed by atoms with Crippen LogP contribution in [0.3, 0.4) is 0 Å². The Kier molecular flexibility index (Phi) is 5.45. The van der Waals surface area contributed by atoms with Crippen LogP contribution in [0.1, 0.15) is 24.5 Å². The molecule has 0 aliphatic rings. The molecule has 0 spiro atoms. The quantitative estimate of drug-likeness (QED) is 0.602. The Bertz CT molecular complexity index is 876. The lowest BCUT2D eigenvalue weighted by molar-refractivity contribution is 0.503. The van der Waals surface area contributed by atoms with Crippen LogP contribution in [-0.2, 0) is 19.9 Å². The normalized spacial score (nSPS) is 12.0. The molecule has 6 nitrogen and oxygen atoms in total. The summed E-state index contributed by atoms with van der Waals surface area (Å²) in [7, 11) is 0. The van der Waals surface area contributed by atoms with E-state index in [0.717, 1.165) is 5.56 Å². The van der Waals surface area contributed by atoms with Gasteiger partial charge in [-0.3, -0.25) is 0 Å². The van der Waals surface area contributed by atoms with Crippen LogP contribution < -0.4 is 0 Å². The summed E-state index contributed by atoms with van der Waals surface area (Å²) in [5.41, 5.74) is 0.360. The third-order valence-corrected chi connectivity index (χ3v) is 3.78. The van der Waals surface area contributed by atoms with E-state index in [-0.39, 0.29) is 11.4 Å². The largest absolute Gasteiger partial charge is 0.240 e. The van der Waals surface area contributed by atoms with E-state index in [1.165, 1.54) is 18.2 Å². The molecule has 0 fully saturated rings. The minimum Gasteiger partial charge on any atom is -0.211 e. The first-order valence-corrected chi connectivity index (χ1v) is 7.17. The van der Waals surface area contributed by atoms with E-state index in [1.807, 2.05) is 37.3 Å². The second-order valence-corrected chi connectivity index (χ2v) is 4.86. The average Bonchev–Trinajstić information content (AvgIpc) is 2.62. The molecule has 0 radical (unpaired) electrons. The van der Waals surface area contributed by atoms with Crippen molar-refractivity contribution in [2.75, 3.05) is 0 Å². The van der Waals surface area contributed by atoms with Gasteiger partial charge in [-0.05, 0) is 18.1 Å². The molecule has 1 unspecified atom stereocenters. The Hall–Kier alpha value is -3.42. The van der Waals surface area contributed by atoms with Crippen molar-refractivity contribution in [3.8, 4) is 0 Å². The molecule has 0 N–H and O–H groups in total. The van der Waals surface area contributed by atoms with Crippen LogP contribution in [0.5, 0.6) is 0 Å². The van der Waals surface area contributed by atoms with Gasteiger partial charge >= 0.3 is 0 Å². The predicted molar refractivity (Wildman–Crippen MR) is 87.6 cm³/mol. The van der Waals surface area contributed by atoms with Gasteiger partial charge < -0.3 is 0 Å². The van der Waals surface area contributed by atoms with Crippen molar-refractivity contribution in [2.24, 2.45) is 15.0 Å². The third-order valence-electron chi connectivity index (χ3n) is 3.78. The standard InChI is InChI=1S/C18H13N3O3/c1-2-18(21-13-24,14-7-4-3-5-8-14)15-9-6-10-16(19-11-22)17(15)20-12-23/h3-10H,2H2,1H3. The summed E-state index contributed by atoms with van der Waals surface area (Å²) in [6.07, 6.45) is 4.90. The van der Waals surface area contributed by atoms with Crippen LogP contribution in [0.25, 0.3) is 0 Å². The first kappa shape index (κ1) is 16.9. The van der Waals surface area contributed by atoms with Crippen molar-refractivity contribution < 1.29 is 14.4 Å². The van der Waals surface area contributed by atoms with Gasteiger partial charge in [-0.25, -0.2) is 14.4 Å². The molecule has 0 aliphatic carbocycles. The van der Waals surface area contributed by atoms with Crippen LogP contribution in [0, 0.1) is 0 Å². The third kappa shape index (κ3) is 3.02. The van der Waals surface area contributed by atoms with Gasteiger partial charge in [-0.15, -0.1) is 0 Å². The maximum atomic E-state index is 11.1. The van der Waals surface area contributed by atoms with Crippen molar-refractivity contribution in [2.45, 2.75) is 18.9 Å². The van der Waals surface area contributed by atoms with Crippen molar-refractivity contribution in [3.05, 3.63) is 59.7 Å². The SMILES string of the molecule is CCC(N=C=O)(c1ccccc1)c1cccc(N=C=O)c1N=C=O. The predicted octanol–water partition coefficient (Wildman–Crippen LogP) is 3.61. The van der Waals surface area contributed by atoms with E-state index < -0.39 is 5.54 Å². The van der Waals surface area contributed by atoms with Gasteiger partial charge in [-0.1, -0.05) is 49.4 Å². The first-order chi connectivity index (χ1) is 11.7. The molecule has 0 saturated carbocycles. The van der Waals surface area contributed by atoms with Crippen LogP contribution in [0.4, 0.5) is 11.4 Å². The maximum Gasteiger partial charge on any atom is 0.240 e. The molecule has 0 heterocycles. The molecular formula is C18H13N3O3. The van der Waals surface area contributed by atoms with Gasteiger partial charge in [0.25, 0.3) is 0 Å². The van der Waals surface area contributed by atoms with E-state index in [1.54, 1.807) is 18.2 Å². The lowest BCUT2D eigenvalue weighted by atomic mass is 9.80. The van der Waals surface area contributed by atoms with Crippen LogP contribution in [-0.4, -0.2) is 18.2 Å². The molecule has 2 rings (SSSR count). The number of hydrogen-bond donors (Lipinski definition) is 0. The summed E-state index contributed by atoms with van der Waals surface area (Å²) in [6, 6.07) is 13.9. The summed E-state index contributed by atoms with van der Waals surface area (Å²) in [6.45, 7) is 1.85. The molecule has 0 amide bonds. The zero-order chi connectivity index (χ0) is 17.4. The number of benzene rings is 2. The highest BCUT2D eigenvalue weighted by Gasteiger charge is 2.35. The highest BCUT2D eigenvalue weighted by atomic mass is 16.1. The van der Waals surface area contributed by atoms with Crippen molar-refractivity contribution in [3.63, 3.8) is 0 Å².